The van der Waals surface area contributed by atoms with Crippen molar-refractivity contribution in [3.8, 4) is 5.75 Å². The van der Waals surface area contributed by atoms with Gasteiger partial charge < -0.3 is 20.7 Å². The Balaban J connectivity index is 1.42. The van der Waals surface area contributed by atoms with Crippen LogP contribution in [0.1, 0.15) is 12.8 Å². The number of carbonyl (C=O) groups is 1. The molecule has 0 bridgehead atoms. The second-order valence-electron chi connectivity index (χ2n) is 6.40. The molecule has 1 atom stereocenters. The molecule has 3 heterocycles. The van der Waals surface area contributed by atoms with Crippen LogP contribution < -0.4 is 20.7 Å². The SMILES string of the molecule is COc1ccc2nc(NC3=NC=CC(C(=O)N[C@H]4CCNC4)=CC3)sc2c1. The Kier molecular flexibility index (Phi) is 5.17. The van der Waals surface area contributed by atoms with E-state index in [2.05, 4.69) is 25.9 Å². The Hall–Kier alpha value is -2.71. The zero-order valence-electron chi connectivity index (χ0n) is 15.0. The summed E-state index contributed by atoms with van der Waals surface area (Å²) in [5.74, 6) is 1.51. The van der Waals surface area contributed by atoms with E-state index in [-0.39, 0.29) is 11.9 Å². The van der Waals surface area contributed by atoms with E-state index < -0.39 is 0 Å². The van der Waals surface area contributed by atoms with Gasteiger partial charge in [0.05, 0.1) is 17.3 Å². The number of anilines is 1. The van der Waals surface area contributed by atoms with Crippen molar-refractivity contribution in [2.45, 2.75) is 18.9 Å². The highest BCUT2D eigenvalue weighted by Gasteiger charge is 2.18. The van der Waals surface area contributed by atoms with Crippen LogP contribution in [-0.2, 0) is 4.79 Å². The summed E-state index contributed by atoms with van der Waals surface area (Å²) in [7, 11) is 1.65. The van der Waals surface area contributed by atoms with Crippen molar-refractivity contribution in [2.24, 2.45) is 4.99 Å². The number of hydrogen-bond donors (Lipinski definition) is 3. The fraction of sp³-hybridized carbons (Fsp3) is 0.316. The van der Waals surface area contributed by atoms with Gasteiger partial charge in [-0.15, -0.1) is 0 Å². The molecule has 27 heavy (non-hydrogen) atoms. The maximum absolute atomic E-state index is 12.4. The summed E-state index contributed by atoms with van der Waals surface area (Å²) in [4.78, 5) is 21.4. The second kappa shape index (κ2) is 7.89. The van der Waals surface area contributed by atoms with Gasteiger partial charge in [0.1, 0.15) is 11.6 Å². The predicted molar refractivity (Wildman–Crippen MR) is 108 cm³/mol. The molecule has 4 rings (SSSR count). The molecule has 1 amide bonds. The van der Waals surface area contributed by atoms with Crippen molar-refractivity contribution in [1.82, 2.24) is 15.6 Å². The van der Waals surface area contributed by atoms with Crippen LogP contribution in [0.5, 0.6) is 5.75 Å². The van der Waals surface area contributed by atoms with Gasteiger partial charge in [0.25, 0.3) is 5.91 Å². The van der Waals surface area contributed by atoms with Crippen LogP contribution in [0.15, 0.2) is 47.1 Å². The third kappa shape index (κ3) is 4.17. The van der Waals surface area contributed by atoms with Crippen molar-refractivity contribution in [1.29, 1.82) is 0 Å². The van der Waals surface area contributed by atoms with Crippen LogP contribution >= 0.6 is 11.3 Å². The molecule has 1 aromatic carbocycles. The molecule has 7 nitrogen and oxygen atoms in total. The Bertz CT molecular complexity index is 941. The molecule has 0 radical (unpaired) electrons. The number of benzene rings is 1. The lowest BCUT2D eigenvalue weighted by Crippen LogP contribution is -2.36. The lowest BCUT2D eigenvalue weighted by molar-refractivity contribution is -0.117. The maximum atomic E-state index is 12.4. The van der Waals surface area contributed by atoms with Gasteiger partial charge in [-0.25, -0.2) is 9.98 Å². The summed E-state index contributed by atoms with van der Waals surface area (Å²) in [5.41, 5.74) is 1.55. The number of rotatable bonds is 4. The van der Waals surface area contributed by atoms with Crippen LogP contribution in [0.25, 0.3) is 10.2 Å². The highest BCUT2D eigenvalue weighted by Crippen LogP contribution is 2.29. The number of carbonyl (C=O) groups excluding carboxylic acids is 1. The summed E-state index contributed by atoms with van der Waals surface area (Å²) in [5, 5.41) is 10.3. The number of amidine groups is 1. The summed E-state index contributed by atoms with van der Waals surface area (Å²) >= 11 is 1.54. The van der Waals surface area contributed by atoms with Gasteiger partial charge in [-0.2, -0.15) is 0 Å². The molecular formula is C19H21N5O2S. The van der Waals surface area contributed by atoms with Gasteiger partial charge in [-0.3, -0.25) is 4.79 Å². The zero-order chi connectivity index (χ0) is 18.6. The normalized spacial score (nSPS) is 19.4. The first-order valence-electron chi connectivity index (χ1n) is 8.88. The quantitative estimate of drug-likeness (QED) is 0.755. The van der Waals surface area contributed by atoms with Crippen molar-refractivity contribution in [2.75, 3.05) is 25.5 Å². The molecule has 2 aliphatic heterocycles. The fourth-order valence-corrected chi connectivity index (χ4v) is 3.96. The van der Waals surface area contributed by atoms with E-state index in [1.807, 2.05) is 24.3 Å². The number of methoxy groups -OCH3 is 1. The van der Waals surface area contributed by atoms with E-state index in [1.165, 1.54) is 0 Å². The highest BCUT2D eigenvalue weighted by molar-refractivity contribution is 7.22. The monoisotopic (exact) mass is 383 g/mol. The van der Waals surface area contributed by atoms with Crippen LogP contribution in [0.2, 0.25) is 0 Å². The Labute approximate surface area is 161 Å². The van der Waals surface area contributed by atoms with Gasteiger partial charge in [-0.05, 0) is 37.2 Å². The summed E-state index contributed by atoms with van der Waals surface area (Å²) in [6, 6.07) is 6.00. The van der Waals surface area contributed by atoms with Crippen LogP contribution in [0, 0.1) is 0 Å². The lowest BCUT2D eigenvalue weighted by atomic mass is 10.1. The third-order valence-corrected chi connectivity index (χ3v) is 5.44. The van der Waals surface area contributed by atoms with Gasteiger partial charge >= 0.3 is 0 Å². The van der Waals surface area contributed by atoms with E-state index in [1.54, 1.807) is 30.7 Å². The standard InChI is InChI=1S/C19H21N5O2S/c1-26-14-3-4-15-16(10-14)27-19(23-15)24-17-5-2-12(6-9-21-17)18(25)22-13-7-8-20-11-13/h2-4,6,9-10,13,20H,5,7-8,11H2,1H3,(H,22,25)(H,21,23,24)/t13-/m0/s1. The van der Waals surface area contributed by atoms with E-state index >= 15 is 0 Å². The van der Waals surface area contributed by atoms with Crippen molar-refractivity contribution in [3.63, 3.8) is 0 Å². The van der Waals surface area contributed by atoms with Gasteiger partial charge in [0, 0.05) is 30.8 Å². The number of thiazole rings is 1. The number of nitrogens with zero attached hydrogens (tertiary/aromatic N) is 2. The molecule has 0 aliphatic carbocycles. The smallest absolute Gasteiger partial charge is 0.251 e. The number of aliphatic imine (C=N–C) groups is 1. The maximum Gasteiger partial charge on any atom is 0.251 e. The van der Waals surface area contributed by atoms with Crippen LogP contribution in [0.4, 0.5) is 5.13 Å². The number of ether oxygens (including phenoxy) is 1. The first-order chi connectivity index (χ1) is 13.2. The van der Waals surface area contributed by atoms with Crippen LogP contribution in [0.3, 0.4) is 0 Å². The third-order valence-electron chi connectivity index (χ3n) is 4.50. The summed E-state index contributed by atoms with van der Waals surface area (Å²) in [6.45, 7) is 1.78. The minimum Gasteiger partial charge on any atom is -0.497 e. The fourth-order valence-electron chi connectivity index (χ4n) is 3.04. The van der Waals surface area contributed by atoms with Crippen molar-refractivity contribution < 1.29 is 9.53 Å². The molecular weight excluding hydrogens is 362 g/mol. The number of nitrogens with one attached hydrogen (secondary N) is 3. The van der Waals surface area contributed by atoms with Gasteiger partial charge in [-0.1, -0.05) is 17.4 Å². The first kappa shape index (κ1) is 17.7. The summed E-state index contributed by atoms with van der Waals surface area (Å²) < 4.78 is 6.30. The van der Waals surface area contributed by atoms with E-state index in [0.717, 1.165) is 46.4 Å². The minimum absolute atomic E-state index is 0.0523. The minimum atomic E-state index is -0.0523. The molecule has 8 heteroatoms. The van der Waals surface area contributed by atoms with Gasteiger partial charge in [0.2, 0.25) is 0 Å². The molecule has 1 saturated heterocycles. The Morgan fingerprint density at radius 1 is 1.41 bits per heavy atom. The molecule has 1 fully saturated rings. The average molecular weight is 383 g/mol. The molecule has 0 unspecified atom stereocenters. The molecule has 2 aliphatic rings. The lowest BCUT2D eigenvalue weighted by Gasteiger charge is -2.11. The van der Waals surface area contributed by atoms with E-state index in [9.17, 15) is 4.79 Å². The largest absolute Gasteiger partial charge is 0.497 e. The molecule has 1 aromatic heterocycles. The molecule has 140 valence electrons. The number of aromatic nitrogens is 1. The van der Waals surface area contributed by atoms with E-state index in [0.29, 0.717) is 12.0 Å². The summed E-state index contributed by atoms with van der Waals surface area (Å²) in [6.07, 6.45) is 6.80. The molecule has 0 spiro atoms. The molecule has 3 N–H and O–H groups in total. The van der Waals surface area contributed by atoms with Crippen molar-refractivity contribution >= 4 is 38.4 Å². The first-order valence-corrected chi connectivity index (χ1v) is 9.69. The highest BCUT2D eigenvalue weighted by atomic mass is 32.1. The number of amides is 1. The molecule has 2 aromatic rings. The second-order valence-corrected chi connectivity index (χ2v) is 7.43. The Morgan fingerprint density at radius 3 is 3.15 bits per heavy atom. The zero-order valence-corrected chi connectivity index (χ0v) is 15.8. The average Bonchev–Trinajstić information content (AvgIpc) is 3.25. The van der Waals surface area contributed by atoms with E-state index in [4.69, 9.17) is 4.74 Å². The van der Waals surface area contributed by atoms with Gasteiger partial charge in [0.15, 0.2) is 5.13 Å². The predicted octanol–water partition coefficient (Wildman–Crippen LogP) is 2.44. The number of hydrogen-bond acceptors (Lipinski definition) is 7. The topological polar surface area (TPSA) is 87.6 Å². The number of fused-ring (bicyclic) bond motifs is 1. The molecule has 0 saturated carbocycles. The Morgan fingerprint density at radius 2 is 2.33 bits per heavy atom. The van der Waals surface area contributed by atoms with Crippen molar-refractivity contribution in [3.05, 3.63) is 42.1 Å². The van der Waals surface area contributed by atoms with Crippen LogP contribution in [-0.4, -0.2) is 43.0 Å².